The Kier molecular flexibility index (Phi) is 2.38. The summed E-state index contributed by atoms with van der Waals surface area (Å²) in [4.78, 5) is 11.6. The molecule has 0 radical (unpaired) electrons. The van der Waals surface area contributed by atoms with Crippen LogP contribution < -0.4 is 5.32 Å². The van der Waals surface area contributed by atoms with Crippen molar-refractivity contribution in [3.05, 3.63) is 12.7 Å². The minimum absolute atomic E-state index is 0.261. The summed E-state index contributed by atoms with van der Waals surface area (Å²) in [5, 5.41) is 2.89. The zero-order valence-electron chi connectivity index (χ0n) is 7.96. The van der Waals surface area contributed by atoms with Crippen LogP contribution in [0.3, 0.4) is 0 Å². The molecule has 0 heterocycles. The van der Waals surface area contributed by atoms with E-state index in [-0.39, 0.29) is 5.91 Å². The molecule has 1 amide bonds. The van der Waals surface area contributed by atoms with E-state index in [1.54, 1.807) is 6.08 Å². The molecule has 2 nitrogen and oxygen atoms in total. The second-order valence-electron chi connectivity index (χ2n) is 4.17. The maximum Gasteiger partial charge on any atom is 0.223 e. The third kappa shape index (κ3) is 1.62. The number of amides is 1. The van der Waals surface area contributed by atoms with E-state index in [0.717, 1.165) is 11.8 Å². The molecule has 0 bridgehead atoms. The van der Waals surface area contributed by atoms with Crippen LogP contribution in [0.5, 0.6) is 0 Å². The molecule has 2 aliphatic carbocycles. The van der Waals surface area contributed by atoms with Crippen LogP contribution in [0, 0.1) is 17.8 Å². The second kappa shape index (κ2) is 3.52. The summed E-state index contributed by atoms with van der Waals surface area (Å²) in [6, 6.07) is 0. The molecule has 2 heteroatoms. The Bertz CT molecular complexity index is 212. The molecule has 2 saturated carbocycles. The van der Waals surface area contributed by atoms with Gasteiger partial charge in [-0.05, 0) is 24.7 Å². The number of carbonyl (C=O) groups excluding carboxylic acids is 1. The second-order valence-corrected chi connectivity index (χ2v) is 4.17. The van der Waals surface area contributed by atoms with Crippen LogP contribution in [0.15, 0.2) is 12.7 Å². The van der Waals surface area contributed by atoms with Crippen molar-refractivity contribution < 1.29 is 4.79 Å². The highest BCUT2D eigenvalue weighted by Gasteiger charge is 2.54. The number of hydrogen-bond acceptors (Lipinski definition) is 1. The van der Waals surface area contributed by atoms with Gasteiger partial charge in [-0.15, -0.1) is 6.58 Å². The number of rotatable bonds is 3. The molecule has 0 aliphatic heterocycles. The quantitative estimate of drug-likeness (QED) is 0.657. The molecule has 1 N–H and O–H groups in total. The molecular weight excluding hydrogens is 162 g/mol. The fourth-order valence-corrected chi connectivity index (χ4v) is 2.67. The van der Waals surface area contributed by atoms with Crippen molar-refractivity contribution in [3.8, 4) is 0 Å². The summed E-state index contributed by atoms with van der Waals surface area (Å²) in [6.07, 6.45) is 6.94. The Morgan fingerprint density at radius 1 is 1.38 bits per heavy atom. The van der Waals surface area contributed by atoms with Crippen LogP contribution in [-0.2, 0) is 4.79 Å². The molecule has 2 atom stereocenters. The molecule has 2 unspecified atom stereocenters. The summed E-state index contributed by atoms with van der Waals surface area (Å²) in [7, 11) is 0. The van der Waals surface area contributed by atoms with Gasteiger partial charge in [0.2, 0.25) is 5.91 Å². The van der Waals surface area contributed by atoms with Crippen molar-refractivity contribution in [3.63, 3.8) is 0 Å². The molecule has 0 spiro atoms. The van der Waals surface area contributed by atoms with Gasteiger partial charge >= 0.3 is 0 Å². The van der Waals surface area contributed by atoms with Gasteiger partial charge in [0.1, 0.15) is 0 Å². The molecule has 0 saturated heterocycles. The van der Waals surface area contributed by atoms with Gasteiger partial charge in [-0.25, -0.2) is 0 Å². The van der Waals surface area contributed by atoms with Gasteiger partial charge in [-0.1, -0.05) is 18.9 Å². The summed E-state index contributed by atoms with van der Waals surface area (Å²) >= 11 is 0. The fraction of sp³-hybridized carbons (Fsp3) is 0.727. The average molecular weight is 179 g/mol. The maximum absolute atomic E-state index is 11.6. The third-order valence-electron chi connectivity index (χ3n) is 3.38. The lowest BCUT2D eigenvalue weighted by Gasteiger charge is -2.04. The smallest absolute Gasteiger partial charge is 0.223 e. The van der Waals surface area contributed by atoms with E-state index in [2.05, 4.69) is 11.9 Å². The number of carbonyl (C=O) groups is 1. The Morgan fingerprint density at radius 3 is 2.54 bits per heavy atom. The first-order valence-corrected chi connectivity index (χ1v) is 5.23. The van der Waals surface area contributed by atoms with Gasteiger partial charge in [0.25, 0.3) is 0 Å². The van der Waals surface area contributed by atoms with E-state index in [1.807, 2.05) is 0 Å². The minimum atomic E-state index is 0.261. The first-order valence-electron chi connectivity index (χ1n) is 5.23. The first-order chi connectivity index (χ1) is 6.34. The first kappa shape index (κ1) is 8.79. The summed E-state index contributed by atoms with van der Waals surface area (Å²) < 4.78 is 0. The lowest BCUT2D eigenvalue weighted by molar-refractivity contribution is -0.122. The zero-order valence-corrected chi connectivity index (χ0v) is 7.96. The molecule has 2 aliphatic rings. The normalized spacial score (nSPS) is 36.2. The van der Waals surface area contributed by atoms with Gasteiger partial charge in [0.15, 0.2) is 0 Å². The predicted octanol–water partition coefficient (Wildman–Crippen LogP) is 1.72. The molecule has 13 heavy (non-hydrogen) atoms. The van der Waals surface area contributed by atoms with Crippen molar-refractivity contribution in [1.29, 1.82) is 0 Å². The Labute approximate surface area is 79.4 Å². The molecule has 0 aromatic carbocycles. The summed E-state index contributed by atoms with van der Waals surface area (Å²) in [5.74, 6) is 2.05. The molecule has 2 fully saturated rings. The Morgan fingerprint density at radius 2 is 2.00 bits per heavy atom. The van der Waals surface area contributed by atoms with Crippen LogP contribution in [0.25, 0.3) is 0 Å². The van der Waals surface area contributed by atoms with Crippen molar-refractivity contribution in [2.24, 2.45) is 17.8 Å². The fourth-order valence-electron chi connectivity index (χ4n) is 2.67. The molecule has 0 aromatic heterocycles. The van der Waals surface area contributed by atoms with E-state index in [9.17, 15) is 4.79 Å². The molecule has 2 rings (SSSR count). The summed E-state index contributed by atoms with van der Waals surface area (Å²) in [5.41, 5.74) is 0. The molecule has 72 valence electrons. The van der Waals surface area contributed by atoms with Gasteiger partial charge < -0.3 is 5.32 Å². The zero-order chi connectivity index (χ0) is 9.26. The molecule has 0 aromatic rings. The van der Waals surface area contributed by atoms with Crippen molar-refractivity contribution in [1.82, 2.24) is 5.32 Å². The van der Waals surface area contributed by atoms with Crippen LogP contribution in [0.4, 0.5) is 0 Å². The van der Waals surface area contributed by atoms with Crippen LogP contribution in [-0.4, -0.2) is 12.5 Å². The topological polar surface area (TPSA) is 29.1 Å². The standard InChI is InChI=1S/C11H17NO/c1-2-7-12-11(13)10-8-5-3-4-6-9(8)10/h2,8-10H,1,3-7H2,(H,12,13). The van der Waals surface area contributed by atoms with E-state index in [1.165, 1.54) is 25.7 Å². The van der Waals surface area contributed by atoms with Crippen molar-refractivity contribution >= 4 is 5.91 Å². The highest BCUT2D eigenvalue weighted by atomic mass is 16.2. The van der Waals surface area contributed by atoms with E-state index >= 15 is 0 Å². The lowest BCUT2D eigenvalue weighted by Crippen LogP contribution is -2.25. The molecular formula is C11H17NO. The maximum atomic E-state index is 11.6. The SMILES string of the molecule is C=CCNC(=O)C1C2CCCCC21. The van der Waals surface area contributed by atoms with Crippen LogP contribution in [0.2, 0.25) is 0 Å². The summed E-state index contributed by atoms with van der Waals surface area (Å²) in [6.45, 7) is 4.21. The van der Waals surface area contributed by atoms with E-state index < -0.39 is 0 Å². The lowest BCUT2D eigenvalue weighted by atomic mass is 10.0. The minimum Gasteiger partial charge on any atom is -0.352 e. The van der Waals surface area contributed by atoms with Crippen LogP contribution >= 0.6 is 0 Å². The predicted molar refractivity (Wildman–Crippen MR) is 52.1 cm³/mol. The third-order valence-corrected chi connectivity index (χ3v) is 3.38. The van der Waals surface area contributed by atoms with E-state index in [0.29, 0.717) is 12.5 Å². The average Bonchev–Trinajstić information content (AvgIpc) is 2.88. The number of fused-ring (bicyclic) bond motifs is 1. The monoisotopic (exact) mass is 179 g/mol. The largest absolute Gasteiger partial charge is 0.352 e. The highest BCUT2D eigenvalue weighted by molar-refractivity contribution is 5.82. The van der Waals surface area contributed by atoms with Crippen molar-refractivity contribution in [2.75, 3.05) is 6.54 Å². The van der Waals surface area contributed by atoms with Gasteiger partial charge in [-0.2, -0.15) is 0 Å². The Balaban J connectivity index is 1.82. The Hall–Kier alpha value is -0.790. The van der Waals surface area contributed by atoms with Gasteiger partial charge in [-0.3, -0.25) is 4.79 Å². The number of nitrogens with one attached hydrogen (secondary N) is 1. The number of hydrogen-bond donors (Lipinski definition) is 1. The van der Waals surface area contributed by atoms with Gasteiger partial charge in [0.05, 0.1) is 0 Å². The van der Waals surface area contributed by atoms with E-state index in [4.69, 9.17) is 0 Å². The van der Waals surface area contributed by atoms with Crippen molar-refractivity contribution in [2.45, 2.75) is 25.7 Å². The van der Waals surface area contributed by atoms with Gasteiger partial charge in [0, 0.05) is 12.5 Å². The van der Waals surface area contributed by atoms with Crippen LogP contribution in [0.1, 0.15) is 25.7 Å². The highest BCUT2D eigenvalue weighted by Crippen LogP contribution is 2.55.